The number of carbonyl (C=O) groups is 5. The molecule has 0 aromatic carbocycles. The highest BCUT2D eigenvalue weighted by atomic mass is 32.2. The Morgan fingerprint density at radius 3 is 1.51 bits per heavy atom. The second kappa shape index (κ2) is 21.0. The maximum absolute atomic E-state index is 13.8. The van der Waals surface area contributed by atoms with Crippen LogP contribution in [-0.2, 0) is 33.4 Å². The minimum Gasteiger partial charge on any atom is -0.379 e. The number of amides is 2. The average molecular weight is 625 g/mol. The Hall–Kier alpha value is -0.730. The Kier molecular flexibility index (Phi) is 19.6. The van der Waals surface area contributed by atoms with Crippen LogP contribution in [0, 0.1) is 0 Å². The minimum atomic E-state index is -0.753. The number of rotatable bonds is 20. The van der Waals surface area contributed by atoms with E-state index in [1.54, 1.807) is 9.80 Å². The predicted molar refractivity (Wildman–Crippen MR) is 164 cm³/mol. The first kappa shape index (κ1) is 36.3. The molecule has 0 aromatic heterocycles. The predicted octanol–water partition coefficient (Wildman–Crippen LogP) is 3.54. The number of nitrogens with zero attached hydrogens (tertiary/aromatic N) is 2. The molecule has 0 N–H and O–H groups in total. The zero-order valence-electron chi connectivity index (χ0n) is 23.6. The summed E-state index contributed by atoms with van der Waals surface area (Å²) in [5.41, 5.74) is 0. The van der Waals surface area contributed by atoms with Gasteiger partial charge in [0.05, 0.1) is 13.2 Å². The molecule has 0 spiro atoms. The summed E-state index contributed by atoms with van der Waals surface area (Å²) in [5.74, 6) is 1.49. The van der Waals surface area contributed by atoms with Gasteiger partial charge in [-0.1, -0.05) is 42.2 Å². The molecule has 0 aliphatic carbocycles. The molecule has 0 aromatic rings. The molecule has 1 rings (SSSR count). The standard InChI is InChI=1S/C26H44N2O7S4/c1-19(36)9-5-10-27-23(17-34-12-7-15-38-21(3)30)26(33)28(11-6-14-37-20(2)29)24(25(27)32)18-35-13-8-16-39-22(4)31/h19,23-24,36H,5-18H2,1-4H3. The van der Waals surface area contributed by atoms with Crippen LogP contribution < -0.4 is 0 Å². The monoisotopic (exact) mass is 624 g/mol. The highest BCUT2D eigenvalue weighted by Gasteiger charge is 2.45. The molecule has 39 heavy (non-hydrogen) atoms. The summed E-state index contributed by atoms with van der Waals surface area (Å²) < 4.78 is 11.6. The Morgan fingerprint density at radius 2 is 1.13 bits per heavy atom. The van der Waals surface area contributed by atoms with Gasteiger partial charge in [-0.3, -0.25) is 24.0 Å². The number of piperazine rings is 1. The summed E-state index contributed by atoms with van der Waals surface area (Å²) >= 11 is 8.11. The summed E-state index contributed by atoms with van der Waals surface area (Å²) in [6.07, 6.45) is 3.41. The van der Waals surface area contributed by atoms with Crippen molar-refractivity contribution in [2.45, 2.75) is 77.1 Å². The molecule has 13 heteroatoms. The first-order valence-electron chi connectivity index (χ1n) is 13.4. The molecule has 3 unspecified atom stereocenters. The molecule has 224 valence electrons. The van der Waals surface area contributed by atoms with Crippen LogP contribution in [0.25, 0.3) is 0 Å². The van der Waals surface area contributed by atoms with Crippen molar-refractivity contribution >= 4 is 75.1 Å². The summed E-state index contributed by atoms with van der Waals surface area (Å²) in [7, 11) is 0. The molecule has 1 saturated heterocycles. The second-order valence-electron chi connectivity index (χ2n) is 9.32. The van der Waals surface area contributed by atoms with Crippen molar-refractivity contribution < 1.29 is 33.4 Å². The summed E-state index contributed by atoms with van der Waals surface area (Å²) in [4.78, 5) is 64.4. The van der Waals surface area contributed by atoms with Gasteiger partial charge >= 0.3 is 0 Å². The third kappa shape index (κ3) is 15.7. The molecule has 9 nitrogen and oxygen atoms in total. The molecule has 2 amide bonds. The summed E-state index contributed by atoms with van der Waals surface area (Å²) in [6, 6.07) is -1.49. The fraction of sp³-hybridized carbons (Fsp3) is 0.808. The topological polar surface area (TPSA) is 110 Å². The molecule has 1 aliphatic heterocycles. The van der Waals surface area contributed by atoms with E-state index in [1.165, 1.54) is 56.1 Å². The molecule has 3 atom stereocenters. The second-order valence-corrected chi connectivity index (χ2v) is 14.0. The van der Waals surface area contributed by atoms with Crippen molar-refractivity contribution in [2.24, 2.45) is 0 Å². The maximum Gasteiger partial charge on any atom is 0.248 e. The average Bonchev–Trinajstić information content (AvgIpc) is 2.85. The van der Waals surface area contributed by atoms with Gasteiger partial charge < -0.3 is 19.3 Å². The zero-order valence-corrected chi connectivity index (χ0v) is 26.9. The van der Waals surface area contributed by atoms with Crippen LogP contribution in [0.3, 0.4) is 0 Å². The van der Waals surface area contributed by atoms with Crippen molar-refractivity contribution in [3.8, 4) is 0 Å². The fourth-order valence-corrected chi connectivity index (χ4v) is 5.81. The van der Waals surface area contributed by atoms with Crippen LogP contribution in [-0.4, -0.2) is 111 Å². The van der Waals surface area contributed by atoms with Gasteiger partial charge in [-0.25, -0.2) is 0 Å². The highest BCUT2D eigenvalue weighted by Crippen LogP contribution is 2.22. The Labute approximate surface area is 251 Å². The van der Waals surface area contributed by atoms with E-state index in [0.29, 0.717) is 69.2 Å². The summed E-state index contributed by atoms with van der Waals surface area (Å²) in [6.45, 7) is 8.24. The van der Waals surface area contributed by atoms with E-state index in [1.807, 2.05) is 6.92 Å². The number of hydrogen-bond donors (Lipinski definition) is 1. The van der Waals surface area contributed by atoms with Gasteiger partial charge in [0.25, 0.3) is 0 Å². The third-order valence-electron chi connectivity index (χ3n) is 5.79. The lowest BCUT2D eigenvalue weighted by Crippen LogP contribution is -2.67. The van der Waals surface area contributed by atoms with Crippen LogP contribution in [0.15, 0.2) is 0 Å². The maximum atomic E-state index is 13.8. The van der Waals surface area contributed by atoms with Crippen molar-refractivity contribution in [3.05, 3.63) is 0 Å². The van der Waals surface area contributed by atoms with Gasteiger partial charge in [0.15, 0.2) is 15.3 Å². The van der Waals surface area contributed by atoms with Gasteiger partial charge in [-0.2, -0.15) is 12.6 Å². The molecule has 0 radical (unpaired) electrons. The van der Waals surface area contributed by atoms with E-state index in [2.05, 4.69) is 12.6 Å². The van der Waals surface area contributed by atoms with Crippen molar-refractivity contribution in [1.82, 2.24) is 9.80 Å². The largest absolute Gasteiger partial charge is 0.379 e. The fourth-order valence-electron chi connectivity index (χ4n) is 3.96. The number of thioether (sulfide) groups is 3. The number of carbonyl (C=O) groups excluding carboxylic acids is 5. The van der Waals surface area contributed by atoms with Crippen LogP contribution >= 0.6 is 47.9 Å². The minimum absolute atomic E-state index is 0.0122. The van der Waals surface area contributed by atoms with E-state index < -0.39 is 12.1 Å². The van der Waals surface area contributed by atoms with Gasteiger partial charge in [-0.15, -0.1) is 0 Å². The lowest BCUT2D eigenvalue weighted by molar-refractivity contribution is -0.167. The quantitative estimate of drug-likeness (QED) is 0.160. The van der Waals surface area contributed by atoms with Crippen LogP contribution in [0.5, 0.6) is 0 Å². The molecular formula is C26H44N2O7S4. The van der Waals surface area contributed by atoms with Crippen LogP contribution in [0.2, 0.25) is 0 Å². The van der Waals surface area contributed by atoms with Crippen LogP contribution in [0.1, 0.15) is 59.8 Å². The molecule has 1 heterocycles. The van der Waals surface area contributed by atoms with Crippen LogP contribution in [0.4, 0.5) is 0 Å². The number of thiol groups is 1. The Balaban J connectivity index is 2.94. The molecule has 0 saturated carbocycles. The number of hydrogen-bond acceptors (Lipinski definition) is 11. The van der Waals surface area contributed by atoms with E-state index in [0.717, 1.165) is 6.42 Å². The van der Waals surface area contributed by atoms with Gasteiger partial charge in [0, 0.05) is 64.3 Å². The molecule has 0 bridgehead atoms. The number of ether oxygens (including phenoxy) is 2. The highest BCUT2D eigenvalue weighted by molar-refractivity contribution is 8.14. The third-order valence-corrected chi connectivity index (χ3v) is 8.74. The lowest BCUT2D eigenvalue weighted by atomic mass is 10.0. The molecular weight excluding hydrogens is 581 g/mol. The smallest absolute Gasteiger partial charge is 0.248 e. The van der Waals surface area contributed by atoms with Crippen molar-refractivity contribution in [1.29, 1.82) is 0 Å². The van der Waals surface area contributed by atoms with E-state index in [9.17, 15) is 24.0 Å². The van der Waals surface area contributed by atoms with Gasteiger partial charge in [0.2, 0.25) is 11.8 Å². The van der Waals surface area contributed by atoms with Gasteiger partial charge in [0.1, 0.15) is 12.1 Å². The zero-order chi connectivity index (χ0) is 29.2. The summed E-state index contributed by atoms with van der Waals surface area (Å²) in [5, 5.41) is 0.293. The Bertz CT molecular complexity index is 800. The van der Waals surface area contributed by atoms with Gasteiger partial charge in [-0.05, 0) is 37.4 Å². The van der Waals surface area contributed by atoms with Crippen molar-refractivity contribution in [3.63, 3.8) is 0 Å². The Morgan fingerprint density at radius 1 is 0.744 bits per heavy atom. The van der Waals surface area contributed by atoms with E-state index in [-0.39, 0.29) is 45.6 Å². The van der Waals surface area contributed by atoms with E-state index >= 15 is 0 Å². The molecule has 1 fully saturated rings. The first-order chi connectivity index (χ1) is 18.5. The SMILES string of the molecule is CC(=O)SCCCOCC1C(=O)N(CCCC(C)S)C(COCCCSC(C)=O)C(=O)N1CCCSC(C)=O. The van der Waals surface area contributed by atoms with E-state index in [4.69, 9.17) is 9.47 Å². The normalized spacial score (nSPS) is 18.5. The van der Waals surface area contributed by atoms with Crippen molar-refractivity contribution in [2.75, 3.05) is 56.8 Å². The molecule has 1 aliphatic rings. The lowest BCUT2D eigenvalue weighted by Gasteiger charge is -2.45. The first-order valence-corrected chi connectivity index (χ1v) is 16.9.